The molecule has 0 aliphatic carbocycles. The molecule has 0 aliphatic rings. The van der Waals surface area contributed by atoms with Crippen molar-refractivity contribution >= 4 is 23.4 Å². The Morgan fingerprint density at radius 1 is 1.24 bits per heavy atom. The summed E-state index contributed by atoms with van der Waals surface area (Å²) in [6.07, 6.45) is 1.59. The molecule has 1 N–H and O–H groups in total. The van der Waals surface area contributed by atoms with Gasteiger partial charge in [0, 0.05) is 11.3 Å². The molecule has 0 radical (unpaired) electrons. The topological polar surface area (TPSA) is 55.1 Å². The normalized spacial score (nSPS) is 10.6. The van der Waals surface area contributed by atoms with Gasteiger partial charge in [0.25, 0.3) is 0 Å². The van der Waals surface area contributed by atoms with Crippen LogP contribution in [0.4, 0.5) is 10.1 Å². The molecule has 0 aliphatic heterocycles. The molecular formula is C19H17FN2O2S. The van der Waals surface area contributed by atoms with Crippen molar-refractivity contribution in [2.45, 2.75) is 12.7 Å². The molecule has 3 rings (SSSR count). The van der Waals surface area contributed by atoms with Gasteiger partial charge in [-0.3, -0.25) is 4.79 Å². The molecular weight excluding hydrogens is 339 g/mol. The first-order chi connectivity index (χ1) is 12.1. The smallest absolute Gasteiger partial charge is 0.234 e. The molecule has 0 fully saturated rings. The van der Waals surface area contributed by atoms with Gasteiger partial charge in [-0.1, -0.05) is 24.3 Å². The number of benzene rings is 2. The van der Waals surface area contributed by atoms with Crippen molar-refractivity contribution in [1.29, 1.82) is 0 Å². The Morgan fingerprint density at radius 2 is 2.04 bits per heavy atom. The summed E-state index contributed by atoms with van der Waals surface area (Å²) in [6, 6.07) is 14.3. The first kappa shape index (κ1) is 17.2. The van der Waals surface area contributed by atoms with Crippen LogP contribution in [0.15, 0.2) is 59.2 Å². The molecule has 0 atom stereocenters. The lowest BCUT2D eigenvalue weighted by molar-refractivity contribution is -0.113. The van der Waals surface area contributed by atoms with Crippen LogP contribution in [-0.2, 0) is 10.5 Å². The lowest BCUT2D eigenvalue weighted by Gasteiger charge is -2.06. The third-order valence-electron chi connectivity index (χ3n) is 3.45. The summed E-state index contributed by atoms with van der Waals surface area (Å²) in [5.74, 6) is 0.630. The number of hydrogen-bond donors (Lipinski definition) is 1. The highest BCUT2D eigenvalue weighted by molar-refractivity contribution is 7.99. The quantitative estimate of drug-likeness (QED) is 0.698. The fraction of sp³-hybridized carbons (Fsp3) is 0.158. The summed E-state index contributed by atoms with van der Waals surface area (Å²) in [7, 11) is 0. The summed E-state index contributed by atoms with van der Waals surface area (Å²) >= 11 is 1.39. The minimum atomic E-state index is -0.428. The number of carbonyl (C=O) groups is 1. The van der Waals surface area contributed by atoms with Gasteiger partial charge in [-0.15, -0.1) is 11.8 Å². The number of thioether (sulfide) groups is 1. The van der Waals surface area contributed by atoms with Crippen LogP contribution >= 0.6 is 11.8 Å². The first-order valence-electron chi connectivity index (χ1n) is 7.75. The Kier molecular flexibility index (Phi) is 5.50. The van der Waals surface area contributed by atoms with E-state index < -0.39 is 5.82 Å². The number of hydrogen-bond acceptors (Lipinski definition) is 4. The van der Waals surface area contributed by atoms with Gasteiger partial charge in [-0.05, 0) is 36.8 Å². The van der Waals surface area contributed by atoms with Crippen molar-refractivity contribution in [3.63, 3.8) is 0 Å². The fourth-order valence-corrected chi connectivity index (χ4v) is 2.94. The summed E-state index contributed by atoms with van der Waals surface area (Å²) in [5.41, 5.74) is 2.68. The van der Waals surface area contributed by atoms with E-state index in [0.717, 1.165) is 16.8 Å². The Hall–Kier alpha value is -2.60. The third kappa shape index (κ3) is 4.70. The van der Waals surface area contributed by atoms with Crippen LogP contribution in [-0.4, -0.2) is 16.6 Å². The van der Waals surface area contributed by atoms with Crippen LogP contribution in [0.1, 0.15) is 11.3 Å². The number of carbonyl (C=O) groups excluding carboxylic acids is 1. The Balaban J connectivity index is 1.49. The zero-order valence-electron chi connectivity index (χ0n) is 13.7. The number of aryl methyl sites for hydroxylation is 1. The maximum atomic E-state index is 13.7. The Labute approximate surface area is 149 Å². The minimum absolute atomic E-state index is 0.198. The standard InChI is InChI=1S/C19H17FN2O2S/c1-13-7-8-17(16(20)9-13)22-18(23)12-25-11-15-10-24-19(21-15)14-5-3-2-4-6-14/h2-10H,11-12H2,1H3,(H,22,23). The monoisotopic (exact) mass is 356 g/mol. The Bertz CT molecular complexity index is 865. The van der Waals surface area contributed by atoms with Gasteiger partial charge >= 0.3 is 0 Å². The molecule has 0 saturated carbocycles. The number of nitrogens with one attached hydrogen (secondary N) is 1. The van der Waals surface area contributed by atoms with E-state index >= 15 is 0 Å². The van der Waals surface area contributed by atoms with E-state index in [9.17, 15) is 9.18 Å². The predicted octanol–water partition coefficient (Wildman–Crippen LogP) is 4.66. The maximum absolute atomic E-state index is 13.7. The molecule has 3 aromatic rings. The largest absolute Gasteiger partial charge is 0.444 e. The SMILES string of the molecule is Cc1ccc(NC(=O)CSCc2coc(-c3ccccc3)n2)c(F)c1. The van der Waals surface area contributed by atoms with Crippen molar-refractivity contribution in [1.82, 2.24) is 4.98 Å². The number of rotatable bonds is 6. The zero-order chi connectivity index (χ0) is 17.6. The molecule has 1 aromatic heterocycles. The van der Waals surface area contributed by atoms with Gasteiger partial charge < -0.3 is 9.73 Å². The zero-order valence-corrected chi connectivity index (χ0v) is 14.5. The van der Waals surface area contributed by atoms with Crippen LogP contribution in [0, 0.1) is 12.7 Å². The number of oxazole rings is 1. The van der Waals surface area contributed by atoms with Crippen molar-refractivity contribution in [2.24, 2.45) is 0 Å². The molecule has 128 valence electrons. The van der Waals surface area contributed by atoms with Gasteiger partial charge in [-0.2, -0.15) is 0 Å². The number of aromatic nitrogens is 1. The van der Waals surface area contributed by atoms with Crippen LogP contribution < -0.4 is 5.32 Å². The third-order valence-corrected chi connectivity index (χ3v) is 4.42. The van der Waals surface area contributed by atoms with E-state index in [-0.39, 0.29) is 17.3 Å². The average molecular weight is 356 g/mol. The summed E-state index contributed by atoms with van der Waals surface area (Å²) in [5, 5.41) is 2.58. The molecule has 1 amide bonds. The number of halogens is 1. The molecule has 0 saturated heterocycles. The molecule has 4 nitrogen and oxygen atoms in total. The Morgan fingerprint density at radius 3 is 2.80 bits per heavy atom. The van der Waals surface area contributed by atoms with Crippen LogP contribution in [0.3, 0.4) is 0 Å². The molecule has 25 heavy (non-hydrogen) atoms. The van der Waals surface area contributed by atoms with E-state index in [2.05, 4.69) is 10.3 Å². The summed E-state index contributed by atoms with van der Waals surface area (Å²) in [4.78, 5) is 16.3. The lowest BCUT2D eigenvalue weighted by Crippen LogP contribution is -2.15. The number of anilines is 1. The lowest BCUT2D eigenvalue weighted by atomic mass is 10.2. The molecule has 6 heteroatoms. The second-order valence-electron chi connectivity index (χ2n) is 5.53. The predicted molar refractivity (Wildman–Crippen MR) is 97.9 cm³/mol. The van der Waals surface area contributed by atoms with E-state index in [1.165, 1.54) is 17.8 Å². The second-order valence-corrected chi connectivity index (χ2v) is 6.52. The van der Waals surface area contributed by atoms with Crippen molar-refractivity contribution < 1.29 is 13.6 Å². The highest BCUT2D eigenvalue weighted by atomic mass is 32.2. The molecule has 2 aromatic carbocycles. The van der Waals surface area contributed by atoms with E-state index in [1.54, 1.807) is 25.3 Å². The first-order valence-corrected chi connectivity index (χ1v) is 8.91. The minimum Gasteiger partial charge on any atom is -0.444 e. The molecule has 1 heterocycles. The van der Waals surface area contributed by atoms with Gasteiger partial charge in [0.1, 0.15) is 12.1 Å². The van der Waals surface area contributed by atoms with Gasteiger partial charge in [-0.25, -0.2) is 9.37 Å². The molecule has 0 bridgehead atoms. The van der Waals surface area contributed by atoms with Crippen LogP contribution in [0.2, 0.25) is 0 Å². The van der Waals surface area contributed by atoms with Crippen molar-refractivity contribution in [2.75, 3.05) is 11.1 Å². The van der Waals surface area contributed by atoms with E-state index in [1.807, 2.05) is 30.3 Å². The van der Waals surface area contributed by atoms with Gasteiger partial charge in [0.2, 0.25) is 11.8 Å². The van der Waals surface area contributed by atoms with Crippen LogP contribution in [0.25, 0.3) is 11.5 Å². The number of amides is 1. The maximum Gasteiger partial charge on any atom is 0.234 e. The highest BCUT2D eigenvalue weighted by Crippen LogP contribution is 2.21. The molecule has 0 unspecified atom stereocenters. The summed E-state index contributed by atoms with van der Waals surface area (Å²) in [6.45, 7) is 1.80. The molecule has 0 spiro atoms. The number of nitrogens with zero attached hydrogens (tertiary/aromatic N) is 1. The van der Waals surface area contributed by atoms with Gasteiger partial charge in [0.05, 0.1) is 17.1 Å². The van der Waals surface area contributed by atoms with Gasteiger partial charge in [0.15, 0.2) is 0 Å². The van der Waals surface area contributed by atoms with Crippen LogP contribution in [0.5, 0.6) is 0 Å². The van der Waals surface area contributed by atoms with E-state index in [0.29, 0.717) is 11.6 Å². The van der Waals surface area contributed by atoms with E-state index in [4.69, 9.17) is 4.42 Å². The average Bonchev–Trinajstić information content (AvgIpc) is 3.07. The highest BCUT2D eigenvalue weighted by Gasteiger charge is 2.09. The second kappa shape index (κ2) is 7.98. The fourth-order valence-electron chi connectivity index (χ4n) is 2.24. The van der Waals surface area contributed by atoms with Crippen molar-refractivity contribution in [3.05, 3.63) is 71.9 Å². The summed E-state index contributed by atoms with van der Waals surface area (Å²) < 4.78 is 19.2. The van der Waals surface area contributed by atoms with Crippen molar-refractivity contribution in [3.8, 4) is 11.5 Å².